The average Bonchev–Trinajstić information content (AvgIpc) is 3.12. The molecule has 1 saturated heterocycles. The molecule has 2 heterocycles. The predicted molar refractivity (Wildman–Crippen MR) is 108 cm³/mol. The summed E-state index contributed by atoms with van der Waals surface area (Å²) < 4.78 is 22.7. The molecule has 1 atom stereocenters. The van der Waals surface area contributed by atoms with Gasteiger partial charge in [0.05, 0.1) is 16.7 Å². The normalized spacial score (nSPS) is 22.5. The zero-order valence-electron chi connectivity index (χ0n) is 14.8. The second-order valence-corrected chi connectivity index (χ2v) is 9.13. The lowest BCUT2D eigenvalue weighted by molar-refractivity contribution is -0.124. The Morgan fingerprint density at radius 2 is 2.00 bits per heavy atom. The van der Waals surface area contributed by atoms with Gasteiger partial charge < -0.3 is 5.32 Å². The van der Waals surface area contributed by atoms with Gasteiger partial charge in [0, 0.05) is 18.4 Å². The number of nitrogens with zero attached hydrogens (tertiary/aromatic N) is 1. The van der Waals surface area contributed by atoms with Crippen LogP contribution in [0.5, 0.6) is 0 Å². The number of nitrogens with one attached hydrogen (secondary N) is 1. The summed E-state index contributed by atoms with van der Waals surface area (Å²) in [4.78, 5) is 37.7. The molecule has 0 bridgehead atoms. The van der Waals surface area contributed by atoms with E-state index in [0.29, 0.717) is 4.91 Å². The van der Waals surface area contributed by atoms with Gasteiger partial charge in [-0.25, -0.2) is 8.42 Å². The number of carbonyl (C=O) groups is 3. The Kier molecular flexibility index (Phi) is 6.15. The van der Waals surface area contributed by atoms with Crippen molar-refractivity contribution in [2.75, 3.05) is 12.3 Å². The predicted octanol–water partition coefficient (Wildman–Crippen LogP) is 2.10. The maximum absolute atomic E-state index is 12.4. The summed E-state index contributed by atoms with van der Waals surface area (Å²) in [5.74, 6) is -1.03. The number of amides is 3. The van der Waals surface area contributed by atoms with Gasteiger partial charge in [0.25, 0.3) is 11.1 Å². The number of hydrogen-bond acceptors (Lipinski definition) is 6. The van der Waals surface area contributed by atoms with Crippen molar-refractivity contribution in [3.05, 3.63) is 64.4 Å². The van der Waals surface area contributed by atoms with Crippen LogP contribution in [0, 0.1) is 0 Å². The highest BCUT2D eigenvalue weighted by molar-refractivity contribution is 8.18. The molecule has 1 N–H and O–H groups in total. The zero-order valence-corrected chi connectivity index (χ0v) is 16.4. The van der Waals surface area contributed by atoms with Crippen LogP contribution in [0.4, 0.5) is 4.79 Å². The van der Waals surface area contributed by atoms with Gasteiger partial charge in [-0.3, -0.25) is 19.3 Å². The van der Waals surface area contributed by atoms with Crippen molar-refractivity contribution in [1.29, 1.82) is 0 Å². The molecule has 146 valence electrons. The molecule has 2 aliphatic rings. The molecule has 0 spiro atoms. The maximum atomic E-state index is 12.4. The van der Waals surface area contributed by atoms with E-state index in [0.717, 1.165) is 27.6 Å². The minimum Gasteiger partial charge on any atom is -0.349 e. The van der Waals surface area contributed by atoms with E-state index in [2.05, 4.69) is 5.32 Å². The molecule has 7 nitrogen and oxygen atoms in total. The molecule has 9 heteroatoms. The van der Waals surface area contributed by atoms with Crippen molar-refractivity contribution in [3.63, 3.8) is 0 Å². The van der Waals surface area contributed by atoms with Crippen LogP contribution in [-0.4, -0.2) is 48.7 Å². The Morgan fingerprint density at radius 3 is 2.68 bits per heavy atom. The molecule has 0 radical (unpaired) electrons. The number of thioether (sulfide) groups is 1. The number of hydrogen-bond donors (Lipinski definition) is 1. The Labute approximate surface area is 167 Å². The smallest absolute Gasteiger partial charge is 0.293 e. The lowest BCUT2D eigenvalue weighted by Gasteiger charge is -2.14. The Morgan fingerprint density at radius 1 is 1.25 bits per heavy atom. The van der Waals surface area contributed by atoms with Gasteiger partial charge >= 0.3 is 0 Å². The minimum atomic E-state index is -3.26. The summed E-state index contributed by atoms with van der Waals surface area (Å²) in [6.45, 7) is -0.0561. The first-order valence-corrected chi connectivity index (χ1v) is 11.0. The summed E-state index contributed by atoms with van der Waals surface area (Å²) in [5, 5.41) is 3.21. The number of imide groups is 1. The van der Waals surface area contributed by atoms with Gasteiger partial charge in [-0.2, -0.15) is 0 Å². The maximum Gasteiger partial charge on any atom is 0.293 e. The van der Waals surface area contributed by atoms with E-state index < -0.39 is 32.9 Å². The highest BCUT2D eigenvalue weighted by Gasteiger charge is 2.34. The van der Waals surface area contributed by atoms with Gasteiger partial charge in [0.2, 0.25) is 5.91 Å². The molecule has 0 aliphatic carbocycles. The van der Waals surface area contributed by atoms with E-state index in [1.807, 2.05) is 36.4 Å². The number of carbonyl (C=O) groups excluding carboxylic acids is 3. The van der Waals surface area contributed by atoms with Gasteiger partial charge in [-0.05, 0) is 29.5 Å². The van der Waals surface area contributed by atoms with Crippen LogP contribution in [0.1, 0.15) is 12.0 Å². The summed E-state index contributed by atoms with van der Waals surface area (Å²) in [6, 6.07) is 8.96. The van der Waals surface area contributed by atoms with E-state index in [-0.39, 0.29) is 18.7 Å². The summed E-state index contributed by atoms with van der Waals surface area (Å²) in [6.07, 6.45) is 6.42. The van der Waals surface area contributed by atoms with E-state index >= 15 is 0 Å². The third-order valence-corrected chi connectivity index (χ3v) is 6.37. The van der Waals surface area contributed by atoms with Crippen molar-refractivity contribution in [2.24, 2.45) is 0 Å². The van der Waals surface area contributed by atoms with Crippen molar-refractivity contribution in [3.8, 4) is 0 Å². The van der Waals surface area contributed by atoms with Crippen LogP contribution in [0.25, 0.3) is 6.08 Å². The van der Waals surface area contributed by atoms with Gasteiger partial charge in [-0.15, -0.1) is 0 Å². The first-order valence-electron chi connectivity index (χ1n) is 8.51. The zero-order chi connectivity index (χ0) is 20.1. The van der Waals surface area contributed by atoms with Crippen LogP contribution < -0.4 is 5.32 Å². The topological polar surface area (TPSA) is 101 Å². The van der Waals surface area contributed by atoms with Crippen LogP contribution in [0.2, 0.25) is 0 Å². The summed E-state index contributed by atoms with van der Waals surface area (Å²) >= 11 is 0.826. The van der Waals surface area contributed by atoms with Crippen LogP contribution in [-0.2, 0) is 19.4 Å². The van der Waals surface area contributed by atoms with Gasteiger partial charge in [-0.1, -0.05) is 42.5 Å². The molecule has 1 aromatic rings. The second kappa shape index (κ2) is 8.57. The van der Waals surface area contributed by atoms with E-state index in [9.17, 15) is 22.8 Å². The first kappa shape index (κ1) is 20.1. The van der Waals surface area contributed by atoms with Crippen molar-refractivity contribution in [2.45, 2.75) is 12.5 Å². The quantitative estimate of drug-likeness (QED) is 0.710. The molecular formula is C19H18N2O5S2. The lowest BCUT2D eigenvalue weighted by atomic mass is 10.2. The van der Waals surface area contributed by atoms with E-state index in [1.54, 1.807) is 12.2 Å². The summed E-state index contributed by atoms with van der Waals surface area (Å²) in [7, 11) is -3.26. The summed E-state index contributed by atoms with van der Waals surface area (Å²) in [5.41, 5.74) is 0.970. The fourth-order valence-electron chi connectivity index (χ4n) is 2.68. The van der Waals surface area contributed by atoms with Gasteiger partial charge in [0.15, 0.2) is 9.84 Å². The number of rotatable bonds is 6. The standard InChI is InChI=1S/C19H18N2O5S2/c22-17(20-15-10-12-28(25,26)13-15)9-11-21-18(23)16(27-19(21)24)8-4-7-14-5-2-1-3-6-14/h1-8,10,12,15H,9,11,13H2,(H,20,22)/b7-4+,16-8+/t15-/m1/s1. The molecule has 1 fully saturated rings. The minimum absolute atomic E-state index is 0.0561. The molecule has 3 rings (SSSR count). The molecule has 28 heavy (non-hydrogen) atoms. The Bertz CT molecular complexity index is 981. The van der Waals surface area contributed by atoms with Crippen molar-refractivity contribution in [1.82, 2.24) is 10.2 Å². The SMILES string of the molecule is O=C(CCN1C(=O)S/C(=C/C=C/c2ccccc2)C1=O)N[C@@H]1C=CS(=O)(=O)C1. The number of sulfone groups is 1. The fraction of sp³-hybridized carbons (Fsp3) is 0.211. The van der Waals surface area contributed by atoms with Crippen LogP contribution >= 0.6 is 11.8 Å². The lowest BCUT2D eigenvalue weighted by Crippen LogP contribution is -2.38. The van der Waals surface area contributed by atoms with Crippen LogP contribution in [0.15, 0.2) is 58.9 Å². The van der Waals surface area contributed by atoms with Crippen molar-refractivity contribution < 1.29 is 22.8 Å². The fourth-order valence-corrected chi connectivity index (χ4v) is 4.73. The van der Waals surface area contributed by atoms with Gasteiger partial charge in [0.1, 0.15) is 0 Å². The molecule has 0 saturated carbocycles. The third-order valence-electron chi connectivity index (χ3n) is 4.05. The molecule has 2 aliphatic heterocycles. The largest absolute Gasteiger partial charge is 0.349 e. The monoisotopic (exact) mass is 418 g/mol. The Hall–Kier alpha value is -2.65. The highest BCUT2D eigenvalue weighted by Crippen LogP contribution is 2.30. The molecule has 0 aromatic heterocycles. The van der Waals surface area contributed by atoms with Crippen LogP contribution in [0.3, 0.4) is 0 Å². The molecule has 0 unspecified atom stereocenters. The number of allylic oxidation sites excluding steroid dienone is 2. The Balaban J connectivity index is 1.52. The molecule has 1 aromatic carbocycles. The first-order chi connectivity index (χ1) is 13.3. The van der Waals surface area contributed by atoms with Crippen molar-refractivity contribution >= 4 is 44.7 Å². The highest BCUT2D eigenvalue weighted by atomic mass is 32.2. The van der Waals surface area contributed by atoms with E-state index in [1.165, 1.54) is 6.08 Å². The average molecular weight is 418 g/mol. The second-order valence-electron chi connectivity index (χ2n) is 6.21. The molecule has 3 amide bonds. The number of benzene rings is 1. The third kappa shape index (κ3) is 5.20. The molecular weight excluding hydrogens is 400 g/mol. The van der Waals surface area contributed by atoms with E-state index in [4.69, 9.17) is 0 Å².